The first-order chi connectivity index (χ1) is 7.50. The van der Waals surface area contributed by atoms with E-state index in [4.69, 9.17) is 10.2 Å². The molecule has 3 heteroatoms. The standard InChI is InChI=1S/C9H10FNO/c1-11-9-6-4-5-12-8(6)3-2-7(9)10/h2-3,11H,4-5H2,1H3/i1D2,4D,5D. The van der Waals surface area contributed by atoms with E-state index in [1.165, 1.54) is 6.07 Å². The molecule has 1 aliphatic heterocycles. The fraction of sp³-hybridized carbons (Fsp3) is 0.333. The van der Waals surface area contributed by atoms with Crippen molar-refractivity contribution >= 4 is 5.69 Å². The number of hydrogen-bond acceptors (Lipinski definition) is 2. The van der Waals surface area contributed by atoms with E-state index in [2.05, 4.69) is 5.32 Å². The van der Waals surface area contributed by atoms with Crippen LogP contribution in [0, 0.1) is 5.82 Å². The van der Waals surface area contributed by atoms with Gasteiger partial charge in [-0.25, -0.2) is 4.39 Å². The summed E-state index contributed by atoms with van der Waals surface area (Å²) in [7, 11) is 0. The maximum Gasteiger partial charge on any atom is 0.146 e. The lowest BCUT2D eigenvalue weighted by molar-refractivity contribution is 0.356. The third kappa shape index (κ3) is 0.932. The van der Waals surface area contributed by atoms with Gasteiger partial charge in [0, 0.05) is 23.1 Å². The third-order valence-electron chi connectivity index (χ3n) is 1.73. The van der Waals surface area contributed by atoms with Gasteiger partial charge in [-0.2, -0.15) is 0 Å². The maximum absolute atomic E-state index is 13.5. The molecule has 2 rings (SSSR count). The predicted octanol–water partition coefficient (Wildman–Crippen LogP) is 1.80. The Morgan fingerprint density at radius 3 is 3.50 bits per heavy atom. The Kier molecular flexibility index (Phi) is 0.913. The Labute approximate surface area is 76.0 Å². The van der Waals surface area contributed by atoms with Gasteiger partial charge in [0.15, 0.2) is 0 Å². The second kappa shape index (κ2) is 2.66. The molecule has 0 amide bonds. The summed E-state index contributed by atoms with van der Waals surface area (Å²) in [6, 6.07) is 2.49. The molecule has 2 atom stereocenters. The van der Waals surface area contributed by atoms with E-state index in [0.29, 0.717) is 0 Å². The van der Waals surface area contributed by atoms with Crippen molar-refractivity contribution in [2.45, 2.75) is 6.40 Å². The number of rotatable bonds is 1. The Hall–Kier alpha value is -1.25. The van der Waals surface area contributed by atoms with Crippen LogP contribution in [0.2, 0.25) is 0 Å². The molecule has 1 N–H and O–H groups in total. The summed E-state index contributed by atoms with van der Waals surface area (Å²) in [5.74, 6) is -0.372. The first-order valence-electron chi connectivity index (χ1n) is 5.76. The lowest BCUT2D eigenvalue weighted by Crippen LogP contribution is -1.96. The lowest BCUT2D eigenvalue weighted by Gasteiger charge is -2.06. The Morgan fingerprint density at radius 2 is 2.67 bits per heavy atom. The SMILES string of the molecule is [2H]C([2H])Nc1c(F)ccc2c1C([2H])C([2H])O2. The Balaban J connectivity index is 2.48. The molecule has 0 spiro atoms. The van der Waals surface area contributed by atoms with Crippen molar-refractivity contribution in [1.82, 2.24) is 0 Å². The van der Waals surface area contributed by atoms with Gasteiger partial charge in [0.2, 0.25) is 0 Å². The molecule has 1 aromatic carbocycles. The van der Waals surface area contributed by atoms with Gasteiger partial charge in [0.05, 0.1) is 13.6 Å². The fourth-order valence-electron chi connectivity index (χ4n) is 1.16. The number of fused-ring (bicyclic) bond motifs is 1. The van der Waals surface area contributed by atoms with E-state index in [9.17, 15) is 4.39 Å². The summed E-state index contributed by atoms with van der Waals surface area (Å²) < 4.78 is 47.7. The number of anilines is 1. The molecule has 0 aromatic heterocycles. The van der Waals surface area contributed by atoms with Crippen LogP contribution in [0.5, 0.6) is 5.75 Å². The van der Waals surface area contributed by atoms with Gasteiger partial charge in [0.25, 0.3) is 0 Å². The van der Waals surface area contributed by atoms with E-state index in [1.807, 2.05) is 0 Å². The minimum absolute atomic E-state index is 0.0812. The van der Waals surface area contributed by atoms with Crippen LogP contribution in [0.15, 0.2) is 12.1 Å². The zero-order valence-electron chi connectivity index (χ0n) is 10.2. The molecule has 0 saturated heterocycles. The summed E-state index contributed by atoms with van der Waals surface area (Å²) in [5.41, 5.74) is 0.131. The molecule has 0 saturated carbocycles. The van der Waals surface area contributed by atoms with Crippen molar-refractivity contribution in [3.05, 3.63) is 23.5 Å². The van der Waals surface area contributed by atoms with E-state index in [1.54, 1.807) is 0 Å². The highest BCUT2D eigenvalue weighted by molar-refractivity contribution is 5.59. The van der Waals surface area contributed by atoms with Gasteiger partial charge in [-0.3, -0.25) is 0 Å². The summed E-state index contributed by atoms with van der Waals surface area (Å²) in [6.07, 6.45) is -1.02. The monoisotopic (exact) mass is 171 g/mol. The van der Waals surface area contributed by atoms with E-state index in [-0.39, 0.29) is 17.0 Å². The van der Waals surface area contributed by atoms with E-state index < -0.39 is 25.8 Å². The minimum Gasteiger partial charge on any atom is -0.493 e. The van der Waals surface area contributed by atoms with Crippen molar-refractivity contribution in [3.63, 3.8) is 0 Å². The highest BCUT2D eigenvalue weighted by atomic mass is 19.1. The van der Waals surface area contributed by atoms with E-state index in [0.717, 1.165) is 6.07 Å². The van der Waals surface area contributed by atoms with Crippen molar-refractivity contribution in [2.24, 2.45) is 0 Å². The molecule has 0 radical (unpaired) electrons. The second-order valence-electron chi connectivity index (χ2n) is 2.40. The van der Waals surface area contributed by atoms with Crippen LogP contribution in [-0.2, 0) is 6.40 Å². The van der Waals surface area contributed by atoms with Gasteiger partial charge in [0.1, 0.15) is 11.6 Å². The third-order valence-corrected chi connectivity index (χ3v) is 1.73. The number of nitrogens with one attached hydrogen (secondary N) is 1. The highest BCUT2D eigenvalue weighted by Gasteiger charge is 2.18. The molecule has 2 unspecified atom stereocenters. The van der Waals surface area contributed by atoms with Crippen molar-refractivity contribution in [2.75, 3.05) is 18.9 Å². The lowest BCUT2D eigenvalue weighted by atomic mass is 10.1. The molecule has 0 bridgehead atoms. The van der Waals surface area contributed by atoms with Gasteiger partial charge in [-0.05, 0) is 12.1 Å². The number of ether oxygens (including phenoxy) is 1. The second-order valence-corrected chi connectivity index (χ2v) is 2.40. The van der Waals surface area contributed by atoms with Crippen LogP contribution in [0.4, 0.5) is 10.1 Å². The molecule has 64 valence electrons. The summed E-state index contributed by atoms with van der Waals surface area (Å²) >= 11 is 0. The highest BCUT2D eigenvalue weighted by Crippen LogP contribution is 2.33. The number of hydrogen-bond donors (Lipinski definition) is 1. The Bertz CT molecular complexity index is 415. The van der Waals surface area contributed by atoms with Crippen LogP contribution in [-0.4, -0.2) is 13.6 Å². The van der Waals surface area contributed by atoms with Crippen LogP contribution in [0.3, 0.4) is 0 Å². The quantitative estimate of drug-likeness (QED) is 0.695. The van der Waals surface area contributed by atoms with Crippen LogP contribution < -0.4 is 10.1 Å². The van der Waals surface area contributed by atoms with Gasteiger partial charge in [-0.15, -0.1) is 0 Å². The summed E-state index contributed by atoms with van der Waals surface area (Å²) in [6.45, 7) is -2.52. The molecular formula is C9H10FNO. The van der Waals surface area contributed by atoms with Crippen molar-refractivity contribution in [1.29, 1.82) is 0 Å². The Morgan fingerprint density at radius 1 is 1.75 bits per heavy atom. The van der Waals surface area contributed by atoms with Crippen molar-refractivity contribution < 1.29 is 14.6 Å². The maximum atomic E-state index is 13.5. The minimum atomic E-state index is -1.43. The summed E-state index contributed by atoms with van der Waals surface area (Å²) in [5, 5.41) is 2.30. The van der Waals surface area contributed by atoms with Crippen LogP contribution in [0.1, 0.15) is 11.0 Å². The molecule has 2 nitrogen and oxygen atoms in total. The first-order valence-corrected chi connectivity index (χ1v) is 3.45. The number of benzene rings is 1. The smallest absolute Gasteiger partial charge is 0.146 e. The first kappa shape index (κ1) is 4.12. The normalized spacial score (nSPS) is 31.2. The van der Waals surface area contributed by atoms with Crippen LogP contribution >= 0.6 is 0 Å². The average molecular weight is 171 g/mol. The number of halogens is 1. The topological polar surface area (TPSA) is 21.3 Å². The van der Waals surface area contributed by atoms with Gasteiger partial charge < -0.3 is 10.1 Å². The predicted molar refractivity (Wildman–Crippen MR) is 45.1 cm³/mol. The van der Waals surface area contributed by atoms with Gasteiger partial charge >= 0.3 is 0 Å². The van der Waals surface area contributed by atoms with Gasteiger partial charge in [-0.1, -0.05) is 0 Å². The molecule has 1 aliphatic rings. The molecule has 0 fully saturated rings. The molecule has 1 heterocycles. The fourth-order valence-corrected chi connectivity index (χ4v) is 1.16. The zero-order chi connectivity index (χ0) is 11.9. The average Bonchev–Trinajstić information content (AvgIpc) is 2.48. The zero-order valence-corrected chi connectivity index (χ0v) is 6.17. The molecule has 12 heavy (non-hydrogen) atoms. The molecular weight excluding hydrogens is 157 g/mol. The van der Waals surface area contributed by atoms with Crippen LogP contribution in [0.25, 0.3) is 0 Å². The van der Waals surface area contributed by atoms with Crippen molar-refractivity contribution in [3.8, 4) is 5.75 Å². The van der Waals surface area contributed by atoms with E-state index >= 15 is 0 Å². The molecule has 1 aromatic rings. The summed E-state index contributed by atoms with van der Waals surface area (Å²) in [4.78, 5) is 0. The molecule has 0 aliphatic carbocycles. The largest absolute Gasteiger partial charge is 0.493 e.